The molecule has 0 unspecified atom stereocenters. The lowest BCUT2D eigenvalue weighted by Gasteiger charge is -2.10. The van der Waals surface area contributed by atoms with Gasteiger partial charge in [0.2, 0.25) is 0 Å². The number of rotatable bonds is 4. The van der Waals surface area contributed by atoms with E-state index in [2.05, 4.69) is 4.74 Å². The number of carboxylic acids is 1. The minimum atomic E-state index is -3.06. The molecular weight excluding hydrogens is 237 g/mol. The number of halogens is 3. The summed E-state index contributed by atoms with van der Waals surface area (Å²) in [7, 11) is 0. The topological polar surface area (TPSA) is 46.5 Å². The molecule has 0 aliphatic rings. The Morgan fingerprint density at radius 3 is 2.65 bits per heavy atom. The van der Waals surface area contributed by atoms with Crippen molar-refractivity contribution in [3.63, 3.8) is 0 Å². The number of ether oxygens (including phenoxy) is 1. The van der Waals surface area contributed by atoms with Gasteiger partial charge in [-0.25, -0.2) is 9.18 Å². The van der Waals surface area contributed by atoms with Gasteiger partial charge in [-0.15, -0.1) is 0 Å². The first-order chi connectivity index (χ1) is 7.90. The predicted molar refractivity (Wildman–Crippen MR) is 54.4 cm³/mol. The van der Waals surface area contributed by atoms with Gasteiger partial charge in [0, 0.05) is 12.1 Å². The third-order valence-corrected chi connectivity index (χ3v) is 1.99. The van der Waals surface area contributed by atoms with Crippen LogP contribution in [0.4, 0.5) is 13.2 Å². The van der Waals surface area contributed by atoms with Crippen molar-refractivity contribution in [1.29, 1.82) is 0 Å². The zero-order valence-corrected chi connectivity index (χ0v) is 8.78. The van der Waals surface area contributed by atoms with Gasteiger partial charge in [-0.3, -0.25) is 0 Å². The van der Waals surface area contributed by atoms with E-state index in [0.717, 1.165) is 24.3 Å². The minimum Gasteiger partial charge on any atom is -0.478 e. The molecule has 0 radical (unpaired) electrons. The summed E-state index contributed by atoms with van der Waals surface area (Å²) in [6.07, 6.45) is 1.90. The molecule has 1 aromatic rings. The molecule has 1 aromatic carbocycles. The number of benzene rings is 1. The van der Waals surface area contributed by atoms with Crippen LogP contribution in [0.3, 0.4) is 0 Å². The third kappa shape index (κ3) is 3.82. The quantitative estimate of drug-likeness (QED) is 0.831. The van der Waals surface area contributed by atoms with Gasteiger partial charge in [-0.05, 0) is 30.2 Å². The largest absolute Gasteiger partial charge is 0.478 e. The van der Waals surface area contributed by atoms with E-state index in [0.29, 0.717) is 0 Å². The van der Waals surface area contributed by atoms with Crippen LogP contribution in [-0.4, -0.2) is 17.7 Å². The molecule has 6 heteroatoms. The van der Waals surface area contributed by atoms with Crippen LogP contribution < -0.4 is 4.74 Å². The van der Waals surface area contributed by atoms with Crippen LogP contribution in [0, 0.1) is 12.7 Å². The Kier molecular flexibility index (Phi) is 4.14. The van der Waals surface area contributed by atoms with Crippen molar-refractivity contribution < 1.29 is 27.8 Å². The van der Waals surface area contributed by atoms with E-state index in [1.54, 1.807) is 0 Å². The molecule has 0 fully saturated rings. The maximum atomic E-state index is 13.1. The van der Waals surface area contributed by atoms with Crippen molar-refractivity contribution in [2.24, 2.45) is 0 Å². The number of hydrogen-bond donors (Lipinski definition) is 1. The minimum absolute atomic E-state index is 0.169. The summed E-state index contributed by atoms with van der Waals surface area (Å²) in [4.78, 5) is 10.3. The van der Waals surface area contributed by atoms with Crippen molar-refractivity contribution in [1.82, 2.24) is 0 Å². The van der Waals surface area contributed by atoms with Crippen molar-refractivity contribution in [2.45, 2.75) is 13.5 Å². The maximum absolute atomic E-state index is 13.1. The fraction of sp³-hybridized carbons (Fsp3) is 0.182. The lowest BCUT2D eigenvalue weighted by Crippen LogP contribution is -2.04. The van der Waals surface area contributed by atoms with E-state index in [9.17, 15) is 18.0 Å². The van der Waals surface area contributed by atoms with Gasteiger partial charge >= 0.3 is 12.6 Å². The highest BCUT2D eigenvalue weighted by atomic mass is 19.3. The highest BCUT2D eigenvalue weighted by Gasteiger charge is 2.11. The van der Waals surface area contributed by atoms with Gasteiger partial charge in [0.25, 0.3) is 0 Å². The standard InChI is InChI=1S/C11H9F3O3/c1-6-7(2-3-10(15)16)4-8(12)5-9(6)17-11(13)14/h2-5,11H,1H3,(H,15,16)/b3-2+. The molecule has 0 spiro atoms. The molecule has 0 saturated heterocycles. The molecule has 1 rings (SSSR count). The van der Waals surface area contributed by atoms with Crippen LogP contribution in [-0.2, 0) is 4.79 Å². The first-order valence-corrected chi connectivity index (χ1v) is 4.56. The van der Waals surface area contributed by atoms with E-state index in [1.165, 1.54) is 6.92 Å². The lowest BCUT2D eigenvalue weighted by molar-refractivity contribution is -0.131. The fourth-order valence-electron chi connectivity index (χ4n) is 1.23. The maximum Gasteiger partial charge on any atom is 0.387 e. The average Bonchev–Trinajstić information content (AvgIpc) is 2.19. The van der Waals surface area contributed by atoms with Gasteiger partial charge in [0.15, 0.2) is 0 Å². The van der Waals surface area contributed by atoms with E-state index in [1.807, 2.05) is 0 Å². The molecule has 0 atom stereocenters. The van der Waals surface area contributed by atoms with Crippen LogP contribution in [0.25, 0.3) is 6.08 Å². The number of alkyl halides is 2. The smallest absolute Gasteiger partial charge is 0.387 e. The molecule has 1 N–H and O–H groups in total. The van der Waals surface area contributed by atoms with Gasteiger partial charge in [0.1, 0.15) is 11.6 Å². The molecular formula is C11H9F3O3. The third-order valence-electron chi connectivity index (χ3n) is 1.99. The molecule has 92 valence electrons. The summed E-state index contributed by atoms with van der Waals surface area (Å²) in [6, 6.07) is 1.85. The molecule has 0 bridgehead atoms. The Bertz CT molecular complexity index is 456. The van der Waals surface area contributed by atoms with Gasteiger partial charge in [0.05, 0.1) is 0 Å². The average molecular weight is 246 g/mol. The SMILES string of the molecule is Cc1c(/C=C/C(=O)O)cc(F)cc1OC(F)F. The Hall–Kier alpha value is -1.98. The second-order valence-corrected chi connectivity index (χ2v) is 3.17. The van der Waals surface area contributed by atoms with Gasteiger partial charge in [-0.1, -0.05) is 0 Å². The highest BCUT2D eigenvalue weighted by molar-refractivity contribution is 5.85. The number of carboxylic acid groups (broad SMARTS) is 1. The van der Waals surface area contributed by atoms with E-state index in [4.69, 9.17) is 5.11 Å². The monoisotopic (exact) mass is 246 g/mol. The molecule has 0 aliphatic heterocycles. The molecule has 0 amide bonds. The zero-order valence-electron chi connectivity index (χ0n) is 8.78. The normalized spacial score (nSPS) is 11.1. The molecule has 0 heterocycles. The van der Waals surface area contributed by atoms with Crippen LogP contribution in [0.1, 0.15) is 11.1 Å². The second kappa shape index (κ2) is 5.38. The number of hydrogen-bond acceptors (Lipinski definition) is 2. The van der Waals surface area contributed by atoms with Crippen LogP contribution >= 0.6 is 0 Å². The predicted octanol–water partition coefficient (Wildman–Crippen LogP) is 2.83. The van der Waals surface area contributed by atoms with Crippen LogP contribution in [0.15, 0.2) is 18.2 Å². The van der Waals surface area contributed by atoms with Crippen molar-refractivity contribution >= 4 is 12.0 Å². The van der Waals surface area contributed by atoms with E-state index >= 15 is 0 Å². The summed E-state index contributed by atoms with van der Waals surface area (Å²) >= 11 is 0. The Morgan fingerprint density at radius 1 is 1.47 bits per heavy atom. The van der Waals surface area contributed by atoms with Crippen molar-refractivity contribution in [3.05, 3.63) is 35.2 Å². The number of carbonyl (C=O) groups is 1. The van der Waals surface area contributed by atoms with Crippen molar-refractivity contribution in [2.75, 3.05) is 0 Å². The first kappa shape index (κ1) is 13.1. The fourth-order valence-corrected chi connectivity index (χ4v) is 1.23. The Morgan fingerprint density at radius 2 is 2.12 bits per heavy atom. The second-order valence-electron chi connectivity index (χ2n) is 3.17. The zero-order chi connectivity index (χ0) is 13.0. The lowest BCUT2D eigenvalue weighted by atomic mass is 10.1. The molecule has 0 saturated carbocycles. The van der Waals surface area contributed by atoms with Crippen LogP contribution in [0.5, 0.6) is 5.75 Å². The summed E-state index contributed by atoms with van der Waals surface area (Å²) < 4.78 is 41.2. The van der Waals surface area contributed by atoms with Crippen molar-refractivity contribution in [3.8, 4) is 5.75 Å². The van der Waals surface area contributed by atoms with E-state index < -0.39 is 18.4 Å². The van der Waals surface area contributed by atoms with E-state index in [-0.39, 0.29) is 16.9 Å². The molecule has 0 aliphatic carbocycles. The summed E-state index contributed by atoms with van der Waals surface area (Å²) in [5.41, 5.74) is 0.409. The Labute approximate surface area is 95.1 Å². The summed E-state index contributed by atoms with van der Waals surface area (Å²) in [6.45, 7) is -1.63. The molecule has 3 nitrogen and oxygen atoms in total. The molecule has 0 aromatic heterocycles. The first-order valence-electron chi connectivity index (χ1n) is 4.56. The highest BCUT2D eigenvalue weighted by Crippen LogP contribution is 2.25. The molecule has 17 heavy (non-hydrogen) atoms. The van der Waals surface area contributed by atoms with Crippen LogP contribution in [0.2, 0.25) is 0 Å². The van der Waals surface area contributed by atoms with Gasteiger partial charge < -0.3 is 9.84 Å². The number of aliphatic carboxylic acids is 1. The van der Waals surface area contributed by atoms with Gasteiger partial charge in [-0.2, -0.15) is 8.78 Å². The summed E-state index contributed by atoms with van der Waals surface area (Å²) in [5, 5.41) is 8.42. The summed E-state index contributed by atoms with van der Waals surface area (Å²) in [5.74, 6) is -2.31. The Balaban J connectivity index is 3.14.